The molecule has 2 rings (SSSR count). The summed E-state index contributed by atoms with van der Waals surface area (Å²) in [4.78, 5) is 23.8. The van der Waals surface area contributed by atoms with E-state index in [1.807, 2.05) is 36.4 Å². The van der Waals surface area contributed by atoms with Crippen molar-refractivity contribution in [3.05, 3.63) is 71.8 Å². The predicted molar refractivity (Wildman–Crippen MR) is 87.9 cm³/mol. The van der Waals surface area contributed by atoms with Crippen LogP contribution in [0.4, 0.5) is 0 Å². The smallest absolute Gasteiger partial charge is 0.220 e. The highest BCUT2D eigenvalue weighted by Gasteiger charge is 2.10. The van der Waals surface area contributed by atoms with E-state index < -0.39 is 0 Å². The molecule has 0 aliphatic carbocycles. The van der Waals surface area contributed by atoms with Crippen LogP contribution in [0.3, 0.4) is 0 Å². The molecule has 0 radical (unpaired) electrons. The molecule has 0 aliphatic heterocycles. The van der Waals surface area contributed by atoms with Gasteiger partial charge < -0.3 is 5.32 Å². The lowest BCUT2D eigenvalue weighted by Crippen LogP contribution is -2.27. The van der Waals surface area contributed by atoms with Crippen molar-refractivity contribution in [1.82, 2.24) is 5.32 Å². The van der Waals surface area contributed by atoms with Crippen LogP contribution in [-0.4, -0.2) is 18.2 Å². The minimum atomic E-state index is -0.0768. The van der Waals surface area contributed by atoms with Crippen molar-refractivity contribution in [2.75, 3.05) is 6.54 Å². The third kappa shape index (κ3) is 4.85. The summed E-state index contributed by atoms with van der Waals surface area (Å²) in [5.41, 5.74) is 1.86. The molecule has 114 valence electrons. The average molecular weight is 295 g/mol. The van der Waals surface area contributed by atoms with Crippen LogP contribution in [0.15, 0.2) is 60.7 Å². The number of amides is 1. The van der Waals surface area contributed by atoms with Gasteiger partial charge in [0.1, 0.15) is 0 Å². The van der Waals surface area contributed by atoms with E-state index in [9.17, 15) is 9.59 Å². The summed E-state index contributed by atoms with van der Waals surface area (Å²) in [5.74, 6) is 0.189. The summed E-state index contributed by atoms with van der Waals surface area (Å²) >= 11 is 0. The maximum Gasteiger partial charge on any atom is 0.220 e. The Bertz CT molecular complexity index is 608. The van der Waals surface area contributed by atoms with Gasteiger partial charge >= 0.3 is 0 Å². The Balaban J connectivity index is 1.73. The normalized spacial score (nSPS) is 11.7. The van der Waals surface area contributed by atoms with Crippen LogP contribution in [0.2, 0.25) is 0 Å². The van der Waals surface area contributed by atoms with E-state index in [1.165, 1.54) is 5.56 Å². The summed E-state index contributed by atoms with van der Waals surface area (Å²) < 4.78 is 0. The molecule has 1 atom stereocenters. The Hall–Kier alpha value is -2.42. The number of hydrogen-bond acceptors (Lipinski definition) is 2. The number of rotatable bonds is 7. The molecule has 0 saturated heterocycles. The lowest BCUT2D eigenvalue weighted by molar-refractivity contribution is -0.121. The summed E-state index contributed by atoms with van der Waals surface area (Å²) in [5, 5.41) is 2.90. The maximum atomic E-state index is 11.9. The van der Waals surface area contributed by atoms with Gasteiger partial charge in [-0.3, -0.25) is 9.59 Å². The fraction of sp³-hybridized carbons (Fsp3) is 0.263. The van der Waals surface area contributed by atoms with E-state index in [4.69, 9.17) is 0 Å². The lowest BCUT2D eigenvalue weighted by atomic mass is 10.0. The lowest BCUT2D eigenvalue weighted by Gasteiger charge is -2.13. The molecule has 3 nitrogen and oxygen atoms in total. The van der Waals surface area contributed by atoms with Crippen molar-refractivity contribution in [2.45, 2.75) is 25.7 Å². The van der Waals surface area contributed by atoms with Crippen LogP contribution >= 0.6 is 0 Å². The summed E-state index contributed by atoms with van der Waals surface area (Å²) in [7, 11) is 0. The van der Waals surface area contributed by atoms with E-state index in [2.05, 4.69) is 24.4 Å². The van der Waals surface area contributed by atoms with Crippen molar-refractivity contribution in [2.24, 2.45) is 0 Å². The van der Waals surface area contributed by atoms with Gasteiger partial charge in [0.25, 0.3) is 0 Å². The van der Waals surface area contributed by atoms with Crippen LogP contribution in [0.25, 0.3) is 0 Å². The Kier molecular flexibility index (Phi) is 5.90. The largest absolute Gasteiger partial charge is 0.355 e. The average Bonchev–Trinajstić information content (AvgIpc) is 2.59. The molecule has 1 amide bonds. The quantitative estimate of drug-likeness (QED) is 0.794. The summed E-state index contributed by atoms with van der Waals surface area (Å²) in [6, 6.07) is 19.1. The van der Waals surface area contributed by atoms with Gasteiger partial charge in [-0.1, -0.05) is 67.6 Å². The first-order valence-corrected chi connectivity index (χ1v) is 7.56. The van der Waals surface area contributed by atoms with Crippen LogP contribution < -0.4 is 5.32 Å². The van der Waals surface area contributed by atoms with Gasteiger partial charge in [0.15, 0.2) is 5.78 Å². The van der Waals surface area contributed by atoms with E-state index in [0.29, 0.717) is 12.1 Å². The SMILES string of the molecule is C[C@@H](CNC(=O)CCC(=O)c1ccccc1)c1ccccc1. The third-order valence-electron chi connectivity index (χ3n) is 3.65. The van der Waals surface area contributed by atoms with Gasteiger partial charge in [-0.05, 0) is 11.5 Å². The number of Topliss-reactive ketones (excluding diaryl/α,β-unsaturated/α-hetero) is 1. The zero-order chi connectivity index (χ0) is 15.8. The van der Waals surface area contributed by atoms with Gasteiger partial charge in [-0.25, -0.2) is 0 Å². The molecule has 0 spiro atoms. The number of ketones is 1. The molecule has 0 aliphatic rings. The van der Waals surface area contributed by atoms with Gasteiger partial charge in [-0.2, -0.15) is 0 Å². The summed E-state index contributed by atoms with van der Waals surface area (Å²) in [6.45, 7) is 2.66. The van der Waals surface area contributed by atoms with E-state index >= 15 is 0 Å². The van der Waals surface area contributed by atoms with Crippen LogP contribution in [-0.2, 0) is 4.79 Å². The maximum absolute atomic E-state index is 11.9. The number of benzene rings is 2. The minimum Gasteiger partial charge on any atom is -0.355 e. The van der Waals surface area contributed by atoms with Gasteiger partial charge in [-0.15, -0.1) is 0 Å². The molecule has 1 N–H and O–H groups in total. The molecular formula is C19H21NO2. The molecule has 2 aromatic carbocycles. The Labute approximate surface area is 131 Å². The Morgan fingerprint density at radius 2 is 1.50 bits per heavy atom. The first kappa shape index (κ1) is 16.0. The summed E-state index contributed by atoms with van der Waals surface area (Å²) in [6.07, 6.45) is 0.477. The number of nitrogens with one attached hydrogen (secondary N) is 1. The first-order chi connectivity index (χ1) is 10.7. The van der Waals surface area contributed by atoms with Gasteiger partial charge in [0.2, 0.25) is 5.91 Å². The Morgan fingerprint density at radius 3 is 2.14 bits per heavy atom. The zero-order valence-corrected chi connectivity index (χ0v) is 12.8. The Morgan fingerprint density at radius 1 is 0.909 bits per heavy atom. The third-order valence-corrected chi connectivity index (χ3v) is 3.65. The van der Waals surface area contributed by atoms with Crippen molar-refractivity contribution in [3.8, 4) is 0 Å². The molecule has 0 saturated carbocycles. The van der Waals surface area contributed by atoms with Crippen molar-refractivity contribution >= 4 is 11.7 Å². The fourth-order valence-corrected chi connectivity index (χ4v) is 2.25. The molecule has 3 heteroatoms. The van der Waals surface area contributed by atoms with Crippen LogP contribution in [0.5, 0.6) is 0 Å². The van der Waals surface area contributed by atoms with Crippen LogP contribution in [0.1, 0.15) is 41.6 Å². The number of hydrogen-bond donors (Lipinski definition) is 1. The molecule has 0 aromatic heterocycles. The second kappa shape index (κ2) is 8.13. The second-order valence-electron chi connectivity index (χ2n) is 5.41. The van der Waals surface area contributed by atoms with Crippen molar-refractivity contribution in [1.29, 1.82) is 0 Å². The standard InChI is InChI=1S/C19H21NO2/c1-15(16-8-4-2-5-9-16)14-20-19(22)13-12-18(21)17-10-6-3-7-11-17/h2-11,15H,12-14H2,1H3,(H,20,22)/t15-/m0/s1. The highest BCUT2D eigenvalue weighted by molar-refractivity contribution is 5.97. The monoisotopic (exact) mass is 295 g/mol. The molecule has 0 fully saturated rings. The molecular weight excluding hydrogens is 274 g/mol. The van der Waals surface area contributed by atoms with Crippen LogP contribution in [0, 0.1) is 0 Å². The minimum absolute atomic E-state index is 0.00635. The number of carbonyl (C=O) groups is 2. The van der Waals surface area contributed by atoms with E-state index in [0.717, 1.165) is 0 Å². The second-order valence-corrected chi connectivity index (χ2v) is 5.41. The highest BCUT2D eigenvalue weighted by atomic mass is 16.2. The van der Waals surface area contributed by atoms with Gasteiger partial charge in [0.05, 0.1) is 0 Å². The topological polar surface area (TPSA) is 46.2 Å². The van der Waals surface area contributed by atoms with E-state index in [-0.39, 0.29) is 30.4 Å². The highest BCUT2D eigenvalue weighted by Crippen LogP contribution is 2.13. The predicted octanol–water partition coefficient (Wildman–Crippen LogP) is 3.57. The fourth-order valence-electron chi connectivity index (χ4n) is 2.25. The van der Waals surface area contributed by atoms with E-state index in [1.54, 1.807) is 12.1 Å². The van der Waals surface area contributed by atoms with Crippen molar-refractivity contribution < 1.29 is 9.59 Å². The first-order valence-electron chi connectivity index (χ1n) is 7.56. The molecule has 0 unspecified atom stereocenters. The molecule has 0 heterocycles. The zero-order valence-electron chi connectivity index (χ0n) is 12.8. The number of carbonyl (C=O) groups excluding carboxylic acids is 2. The molecule has 2 aromatic rings. The van der Waals surface area contributed by atoms with Gasteiger partial charge in [0, 0.05) is 24.9 Å². The molecule has 22 heavy (non-hydrogen) atoms. The van der Waals surface area contributed by atoms with Crippen molar-refractivity contribution in [3.63, 3.8) is 0 Å². The molecule has 0 bridgehead atoms.